The zero-order valence-corrected chi connectivity index (χ0v) is 10.7. The summed E-state index contributed by atoms with van der Waals surface area (Å²) in [6.45, 7) is 3.84. The maximum absolute atomic E-state index is 10.9. The number of hydrogen-bond acceptors (Lipinski definition) is 4. The second-order valence-corrected chi connectivity index (χ2v) is 4.41. The van der Waals surface area contributed by atoms with E-state index in [2.05, 4.69) is 15.9 Å². The molecule has 0 radical (unpaired) electrons. The summed E-state index contributed by atoms with van der Waals surface area (Å²) in [6.07, 6.45) is -0.251. The van der Waals surface area contributed by atoms with Crippen LogP contribution in [0, 0.1) is 17.0 Å². The minimum absolute atomic E-state index is 0.0489. The molecule has 0 aliphatic carbocycles. The van der Waals surface area contributed by atoms with Crippen molar-refractivity contribution in [3.63, 3.8) is 0 Å². The molecule has 88 valence electrons. The number of halogens is 1. The average Bonchev–Trinajstić information content (AvgIpc) is 2.20. The Morgan fingerprint density at radius 3 is 2.75 bits per heavy atom. The van der Waals surface area contributed by atoms with Crippen LogP contribution in [0.1, 0.15) is 12.5 Å². The summed E-state index contributed by atoms with van der Waals surface area (Å²) in [5, 5.41) is 10.9. The molecule has 1 atom stereocenters. The summed E-state index contributed by atoms with van der Waals surface area (Å²) in [5.74, 6) is 0.283. The molecule has 16 heavy (non-hydrogen) atoms. The minimum atomic E-state index is -0.462. The first-order chi connectivity index (χ1) is 7.45. The van der Waals surface area contributed by atoms with Crippen LogP contribution in [0.25, 0.3) is 0 Å². The van der Waals surface area contributed by atoms with Crippen LogP contribution in [0.5, 0.6) is 5.75 Å². The molecule has 0 heterocycles. The van der Waals surface area contributed by atoms with E-state index >= 15 is 0 Å². The fourth-order valence-corrected chi connectivity index (χ4v) is 1.81. The molecule has 1 rings (SSSR count). The van der Waals surface area contributed by atoms with Gasteiger partial charge in [0, 0.05) is 17.1 Å². The summed E-state index contributed by atoms with van der Waals surface area (Å²) in [4.78, 5) is 10.4. The summed E-state index contributed by atoms with van der Waals surface area (Å²) < 4.78 is 6.11. The standard InChI is InChI=1S/C10H13BrN2O3/c1-6-3-8(11)4-9(13(14)15)10(6)16-7(2)5-12/h3-4,7H,5,12H2,1-2H3. The van der Waals surface area contributed by atoms with Crippen LogP contribution in [0.2, 0.25) is 0 Å². The Hall–Kier alpha value is -1.14. The van der Waals surface area contributed by atoms with Crippen LogP contribution >= 0.6 is 15.9 Å². The van der Waals surface area contributed by atoms with Gasteiger partial charge < -0.3 is 10.5 Å². The lowest BCUT2D eigenvalue weighted by Gasteiger charge is -2.14. The third kappa shape index (κ3) is 2.93. The van der Waals surface area contributed by atoms with Gasteiger partial charge in [0.2, 0.25) is 0 Å². The van der Waals surface area contributed by atoms with Crippen molar-refractivity contribution in [2.45, 2.75) is 20.0 Å². The number of aryl methyl sites for hydroxylation is 1. The molecule has 1 aromatic carbocycles. The Bertz CT molecular complexity index is 409. The van der Waals surface area contributed by atoms with Crippen molar-refractivity contribution in [1.29, 1.82) is 0 Å². The lowest BCUT2D eigenvalue weighted by molar-refractivity contribution is -0.386. The van der Waals surface area contributed by atoms with Crippen molar-refractivity contribution in [2.75, 3.05) is 6.54 Å². The van der Waals surface area contributed by atoms with E-state index in [0.717, 1.165) is 0 Å². The minimum Gasteiger partial charge on any atom is -0.482 e. The van der Waals surface area contributed by atoms with Crippen LogP contribution in [0.4, 0.5) is 5.69 Å². The number of rotatable bonds is 4. The lowest BCUT2D eigenvalue weighted by atomic mass is 10.2. The molecule has 0 aromatic heterocycles. The van der Waals surface area contributed by atoms with Gasteiger partial charge >= 0.3 is 5.69 Å². The highest BCUT2D eigenvalue weighted by atomic mass is 79.9. The molecule has 0 fully saturated rings. The topological polar surface area (TPSA) is 78.4 Å². The van der Waals surface area contributed by atoms with Gasteiger partial charge in [0.15, 0.2) is 5.75 Å². The van der Waals surface area contributed by atoms with E-state index in [1.54, 1.807) is 19.9 Å². The predicted octanol–water partition coefficient (Wildman–Crippen LogP) is 2.39. The Balaban J connectivity index is 3.19. The second kappa shape index (κ2) is 5.27. The molecular weight excluding hydrogens is 276 g/mol. The van der Waals surface area contributed by atoms with Gasteiger partial charge in [0.25, 0.3) is 0 Å². The Kier molecular flexibility index (Phi) is 4.26. The Labute approximate surface area is 102 Å². The van der Waals surface area contributed by atoms with Crippen LogP contribution < -0.4 is 10.5 Å². The van der Waals surface area contributed by atoms with E-state index in [-0.39, 0.29) is 17.5 Å². The third-order valence-corrected chi connectivity index (χ3v) is 2.53. The first-order valence-corrected chi connectivity index (χ1v) is 5.56. The van der Waals surface area contributed by atoms with Crippen molar-refractivity contribution in [2.24, 2.45) is 5.73 Å². The molecule has 1 aromatic rings. The lowest BCUT2D eigenvalue weighted by Crippen LogP contribution is -2.23. The molecule has 2 N–H and O–H groups in total. The number of nitro benzene ring substituents is 1. The van der Waals surface area contributed by atoms with E-state index in [1.807, 2.05) is 0 Å². The van der Waals surface area contributed by atoms with Crippen LogP contribution in [-0.2, 0) is 0 Å². The predicted molar refractivity (Wildman–Crippen MR) is 64.7 cm³/mol. The van der Waals surface area contributed by atoms with Gasteiger partial charge in [-0.3, -0.25) is 10.1 Å². The molecule has 0 aliphatic rings. The maximum atomic E-state index is 10.9. The molecule has 0 saturated heterocycles. The molecule has 0 saturated carbocycles. The zero-order valence-electron chi connectivity index (χ0n) is 9.07. The van der Waals surface area contributed by atoms with Gasteiger partial charge in [0.1, 0.15) is 6.10 Å². The molecule has 5 nitrogen and oxygen atoms in total. The van der Waals surface area contributed by atoms with Crippen LogP contribution in [0.3, 0.4) is 0 Å². The van der Waals surface area contributed by atoms with Gasteiger partial charge in [-0.2, -0.15) is 0 Å². The highest BCUT2D eigenvalue weighted by Crippen LogP contribution is 2.34. The average molecular weight is 289 g/mol. The van der Waals surface area contributed by atoms with Gasteiger partial charge in [-0.05, 0) is 25.5 Å². The fraction of sp³-hybridized carbons (Fsp3) is 0.400. The second-order valence-electron chi connectivity index (χ2n) is 3.49. The monoisotopic (exact) mass is 288 g/mol. The number of benzene rings is 1. The number of hydrogen-bond donors (Lipinski definition) is 1. The van der Waals surface area contributed by atoms with E-state index in [1.165, 1.54) is 6.07 Å². The van der Waals surface area contributed by atoms with Crippen molar-refractivity contribution < 1.29 is 9.66 Å². The van der Waals surface area contributed by atoms with Crippen LogP contribution in [-0.4, -0.2) is 17.6 Å². The van der Waals surface area contributed by atoms with Gasteiger partial charge in [-0.25, -0.2) is 0 Å². The summed E-state index contributed by atoms with van der Waals surface area (Å²) in [7, 11) is 0. The zero-order chi connectivity index (χ0) is 12.3. The van der Waals surface area contributed by atoms with Gasteiger partial charge in [0.05, 0.1) is 4.92 Å². The molecule has 0 aliphatic heterocycles. The fourth-order valence-electron chi connectivity index (χ4n) is 1.25. The van der Waals surface area contributed by atoms with Crippen molar-refractivity contribution in [1.82, 2.24) is 0 Å². The smallest absolute Gasteiger partial charge is 0.312 e. The van der Waals surface area contributed by atoms with Gasteiger partial charge in [-0.15, -0.1) is 0 Å². The number of ether oxygens (including phenoxy) is 1. The van der Waals surface area contributed by atoms with Crippen molar-refractivity contribution in [3.8, 4) is 5.75 Å². The Morgan fingerprint density at radius 1 is 1.62 bits per heavy atom. The number of nitrogens with zero attached hydrogens (tertiary/aromatic N) is 1. The first-order valence-electron chi connectivity index (χ1n) is 4.77. The SMILES string of the molecule is Cc1cc(Br)cc([N+](=O)[O-])c1OC(C)CN. The van der Waals surface area contributed by atoms with E-state index in [0.29, 0.717) is 16.6 Å². The summed E-state index contributed by atoms with van der Waals surface area (Å²) in [6, 6.07) is 3.19. The highest BCUT2D eigenvalue weighted by molar-refractivity contribution is 9.10. The van der Waals surface area contributed by atoms with Crippen molar-refractivity contribution in [3.05, 3.63) is 32.3 Å². The van der Waals surface area contributed by atoms with Crippen molar-refractivity contribution >= 4 is 21.6 Å². The highest BCUT2D eigenvalue weighted by Gasteiger charge is 2.20. The quantitative estimate of drug-likeness (QED) is 0.682. The maximum Gasteiger partial charge on any atom is 0.312 e. The third-order valence-electron chi connectivity index (χ3n) is 2.07. The summed E-state index contributed by atoms with van der Waals surface area (Å²) in [5.41, 5.74) is 6.08. The number of nitrogens with two attached hydrogens (primary N) is 1. The molecule has 0 amide bonds. The number of nitro groups is 1. The molecule has 0 bridgehead atoms. The largest absolute Gasteiger partial charge is 0.482 e. The van der Waals surface area contributed by atoms with E-state index < -0.39 is 4.92 Å². The first kappa shape index (κ1) is 12.9. The van der Waals surface area contributed by atoms with E-state index in [9.17, 15) is 10.1 Å². The van der Waals surface area contributed by atoms with E-state index in [4.69, 9.17) is 10.5 Å². The molecular formula is C10H13BrN2O3. The summed E-state index contributed by atoms with van der Waals surface area (Å²) >= 11 is 3.21. The molecule has 1 unspecified atom stereocenters. The Morgan fingerprint density at radius 2 is 2.25 bits per heavy atom. The van der Waals surface area contributed by atoms with Gasteiger partial charge in [-0.1, -0.05) is 15.9 Å². The normalized spacial score (nSPS) is 12.2. The molecule has 0 spiro atoms. The van der Waals surface area contributed by atoms with Crippen LogP contribution in [0.15, 0.2) is 16.6 Å². The molecule has 6 heteroatoms.